The van der Waals surface area contributed by atoms with Crippen LogP contribution in [0.4, 0.5) is 9.39 Å². The number of nitriles is 1. The molecule has 0 aliphatic carbocycles. The lowest BCUT2D eigenvalue weighted by atomic mass is 10.0. The van der Waals surface area contributed by atoms with Gasteiger partial charge in [-0.2, -0.15) is 9.64 Å². The highest BCUT2D eigenvalue weighted by atomic mass is 35.5. The van der Waals surface area contributed by atoms with E-state index in [2.05, 4.69) is 9.69 Å². The molecular formula is C16H14ClFN4OS. The minimum atomic E-state index is -0.499. The largest absolute Gasteiger partial charge is 0.372 e. The molecule has 1 aliphatic rings. The van der Waals surface area contributed by atoms with Crippen molar-refractivity contribution in [3.63, 3.8) is 0 Å². The quantitative estimate of drug-likeness (QED) is 0.904. The molecule has 0 spiro atoms. The molecule has 3 rings (SSSR count). The number of piperidine rings is 1. The summed E-state index contributed by atoms with van der Waals surface area (Å²) < 4.78 is 17.7. The predicted molar refractivity (Wildman–Crippen MR) is 90.8 cm³/mol. The van der Waals surface area contributed by atoms with Gasteiger partial charge in [0.1, 0.15) is 22.5 Å². The maximum atomic E-state index is 13.7. The van der Waals surface area contributed by atoms with Gasteiger partial charge in [0.15, 0.2) is 5.15 Å². The van der Waals surface area contributed by atoms with Gasteiger partial charge in [-0.05, 0) is 36.5 Å². The van der Waals surface area contributed by atoms with Gasteiger partial charge >= 0.3 is 0 Å². The van der Waals surface area contributed by atoms with Crippen LogP contribution < -0.4 is 5.32 Å². The fraction of sp³-hybridized carbons (Fsp3) is 0.312. The number of anilines is 1. The molecule has 1 saturated heterocycles. The zero-order chi connectivity index (χ0) is 17.1. The lowest BCUT2D eigenvalue weighted by Crippen LogP contribution is -2.42. The highest BCUT2D eigenvalue weighted by Crippen LogP contribution is 2.29. The van der Waals surface area contributed by atoms with Crippen molar-refractivity contribution in [2.45, 2.75) is 18.9 Å². The monoisotopic (exact) mass is 364 g/mol. The molecule has 24 heavy (non-hydrogen) atoms. The second-order valence-electron chi connectivity index (χ2n) is 5.48. The van der Waals surface area contributed by atoms with Crippen LogP contribution in [0.1, 0.15) is 28.8 Å². The molecule has 1 N–H and O–H groups in total. The summed E-state index contributed by atoms with van der Waals surface area (Å²) in [7, 11) is 0. The molecule has 1 aromatic carbocycles. The average molecular weight is 365 g/mol. The Kier molecular flexibility index (Phi) is 4.97. The van der Waals surface area contributed by atoms with Crippen LogP contribution in [0, 0.1) is 17.1 Å². The van der Waals surface area contributed by atoms with E-state index in [-0.39, 0.29) is 22.7 Å². The van der Waals surface area contributed by atoms with Gasteiger partial charge in [0, 0.05) is 19.1 Å². The Labute approximate surface area is 147 Å². The average Bonchev–Trinajstić information content (AvgIpc) is 2.95. The molecule has 1 aliphatic heterocycles. The van der Waals surface area contributed by atoms with Crippen LogP contribution >= 0.6 is 23.1 Å². The second-order valence-corrected chi connectivity index (χ2v) is 6.61. The molecule has 2 heterocycles. The first-order valence-corrected chi connectivity index (χ1v) is 8.61. The number of nitrogens with one attached hydrogen (secondary N) is 1. The van der Waals surface area contributed by atoms with Crippen molar-refractivity contribution in [2.24, 2.45) is 0 Å². The molecular weight excluding hydrogens is 351 g/mol. The number of carbonyl (C=O) groups excluding carboxylic acids is 1. The number of carbonyl (C=O) groups is 1. The van der Waals surface area contributed by atoms with E-state index in [4.69, 9.17) is 16.9 Å². The normalized spacial score (nSPS) is 15.1. The smallest absolute Gasteiger partial charge is 0.256 e. The van der Waals surface area contributed by atoms with Gasteiger partial charge in [0.25, 0.3) is 5.91 Å². The van der Waals surface area contributed by atoms with E-state index in [0.29, 0.717) is 36.5 Å². The molecule has 2 aromatic rings. The number of likely N-dealkylation sites (tertiary alicyclic amines) is 1. The van der Waals surface area contributed by atoms with Crippen LogP contribution in [-0.2, 0) is 0 Å². The van der Waals surface area contributed by atoms with E-state index in [0.717, 1.165) is 11.5 Å². The van der Waals surface area contributed by atoms with Crippen LogP contribution in [0.2, 0.25) is 5.15 Å². The van der Waals surface area contributed by atoms with E-state index in [1.807, 2.05) is 6.07 Å². The molecule has 0 atom stereocenters. The number of aromatic nitrogens is 1. The number of rotatable bonds is 3. The summed E-state index contributed by atoms with van der Waals surface area (Å²) in [5.74, 6) is -0.786. The van der Waals surface area contributed by atoms with Gasteiger partial charge in [-0.15, -0.1) is 0 Å². The highest BCUT2D eigenvalue weighted by Gasteiger charge is 2.26. The molecule has 0 unspecified atom stereocenters. The molecule has 1 amide bonds. The Morgan fingerprint density at radius 1 is 1.42 bits per heavy atom. The van der Waals surface area contributed by atoms with Crippen molar-refractivity contribution in [1.82, 2.24) is 9.27 Å². The number of hydrogen-bond donors (Lipinski definition) is 1. The van der Waals surface area contributed by atoms with Gasteiger partial charge in [0.05, 0.1) is 5.56 Å². The highest BCUT2D eigenvalue weighted by molar-refractivity contribution is 7.10. The van der Waals surface area contributed by atoms with Crippen LogP contribution in [0.25, 0.3) is 0 Å². The number of amides is 1. The van der Waals surface area contributed by atoms with Crippen molar-refractivity contribution in [1.29, 1.82) is 5.26 Å². The molecule has 124 valence electrons. The molecule has 0 bridgehead atoms. The number of halogens is 2. The van der Waals surface area contributed by atoms with E-state index < -0.39 is 5.82 Å². The summed E-state index contributed by atoms with van der Waals surface area (Å²) in [4.78, 5) is 14.0. The minimum Gasteiger partial charge on any atom is -0.372 e. The topological polar surface area (TPSA) is 69.0 Å². The van der Waals surface area contributed by atoms with Crippen molar-refractivity contribution in [3.05, 3.63) is 46.4 Å². The summed E-state index contributed by atoms with van der Waals surface area (Å²) in [5.41, 5.74) is 0.455. The fourth-order valence-corrected chi connectivity index (χ4v) is 3.70. The Balaban J connectivity index is 1.61. The fourth-order valence-electron chi connectivity index (χ4n) is 2.68. The Morgan fingerprint density at radius 2 is 2.12 bits per heavy atom. The second kappa shape index (κ2) is 7.16. The molecule has 5 nitrogen and oxygen atoms in total. The van der Waals surface area contributed by atoms with Crippen LogP contribution in [0.5, 0.6) is 0 Å². The molecule has 0 saturated carbocycles. The Bertz CT molecular complexity index is 796. The first kappa shape index (κ1) is 16.7. The third kappa shape index (κ3) is 3.35. The van der Waals surface area contributed by atoms with E-state index in [1.165, 1.54) is 12.1 Å². The molecule has 0 radical (unpaired) electrons. The van der Waals surface area contributed by atoms with Crippen molar-refractivity contribution < 1.29 is 9.18 Å². The molecule has 8 heteroatoms. The molecule has 1 fully saturated rings. The third-order valence-electron chi connectivity index (χ3n) is 3.98. The van der Waals surface area contributed by atoms with Gasteiger partial charge in [0.2, 0.25) is 0 Å². The summed E-state index contributed by atoms with van der Waals surface area (Å²) >= 11 is 7.01. The van der Waals surface area contributed by atoms with Crippen molar-refractivity contribution >= 4 is 34.0 Å². The van der Waals surface area contributed by atoms with Gasteiger partial charge < -0.3 is 10.2 Å². The van der Waals surface area contributed by atoms with Gasteiger partial charge in [-0.25, -0.2) is 4.39 Å². The molecule has 1 aromatic heterocycles. The summed E-state index contributed by atoms with van der Waals surface area (Å²) in [6, 6.07) is 8.17. The van der Waals surface area contributed by atoms with Gasteiger partial charge in [-0.1, -0.05) is 23.7 Å². The van der Waals surface area contributed by atoms with E-state index >= 15 is 0 Å². The van der Waals surface area contributed by atoms with Crippen LogP contribution in [-0.4, -0.2) is 34.3 Å². The Morgan fingerprint density at radius 3 is 2.79 bits per heavy atom. The van der Waals surface area contributed by atoms with E-state index in [1.54, 1.807) is 17.0 Å². The number of nitrogens with zero attached hydrogens (tertiary/aromatic N) is 3. The lowest BCUT2D eigenvalue weighted by Gasteiger charge is -2.32. The predicted octanol–water partition coefficient (Wildman–Crippen LogP) is 3.52. The number of benzene rings is 1. The third-order valence-corrected chi connectivity index (χ3v) is 5.14. The Hall–Kier alpha value is -2.17. The lowest BCUT2D eigenvalue weighted by molar-refractivity contribution is 0.0714. The summed E-state index contributed by atoms with van der Waals surface area (Å²) in [6.45, 7) is 1.05. The van der Waals surface area contributed by atoms with Gasteiger partial charge in [-0.3, -0.25) is 4.79 Å². The van der Waals surface area contributed by atoms with Crippen molar-refractivity contribution in [3.8, 4) is 6.07 Å². The zero-order valence-corrected chi connectivity index (χ0v) is 14.2. The first-order chi connectivity index (χ1) is 11.6. The van der Waals surface area contributed by atoms with Crippen LogP contribution in [0.15, 0.2) is 24.3 Å². The maximum absolute atomic E-state index is 13.7. The first-order valence-electron chi connectivity index (χ1n) is 7.45. The minimum absolute atomic E-state index is 0.102. The zero-order valence-electron chi connectivity index (χ0n) is 12.6. The standard InChI is InChI=1S/C16H14ClFN4OS/c17-14-12(9-19)15(24-21-14)20-10-5-7-22(8-6-10)16(23)11-3-1-2-4-13(11)18/h1-4,10,20H,5-8H2. The van der Waals surface area contributed by atoms with E-state index in [9.17, 15) is 9.18 Å². The maximum Gasteiger partial charge on any atom is 0.256 e. The number of hydrogen-bond acceptors (Lipinski definition) is 5. The van der Waals surface area contributed by atoms with Crippen molar-refractivity contribution in [2.75, 3.05) is 18.4 Å². The summed E-state index contributed by atoms with van der Waals surface area (Å²) in [6.07, 6.45) is 1.42. The van der Waals surface area contributed by atoms with Crippen LogP contribution in [0.3, 0.4) is 0 Å². The summed E-state index contributed by atoms with van der Waals surface area (Å²) in [5, 5.41) is 13.2. The SMILES string of the molecule is N#Cc1c(Cl)nsc1NC1CCN(C(=O)c2ccccc2F)CC1.